The molecule has 0 spiro atoms. The van der Waals surface area contributed by atoms with Crippen molar-refractivity contribution < 1.29 is 14.6 Å². The van der Waals surface area contributed by atoms with E-state index in [4.69, 9.17) is 9.84 Å². The molecule has 0 saturated carbocycles. The van der Waals surface area contributed by atoms with Crippen LogP contribution in [-0.4, -0.2) is 72.4 Å². The SMILES string of the molecule is CC(C)N1CCOC(CN2CCC(CCC(=O)O)C2)C1. The Morgan fingerprint density at radius 3 is 2.85 bits per heavy atom. The lowest BCUT2D eigenvalue weighted by Crippen LogP contribution is -2.49. The second kappa shape index (κ2) is 7.38. The van der Waals surface area contributed by atoms with Crippen molar-refractivity contribution in [3.63, 3.8) is 0 Å². The topological polar surface area (TPSA) is 53.0 Å². The Bertz CT molecular complexity index is 322. The number of morpholine rings is 1. The number of hydrogen-bond donors (Lipinski definition) is 1. The first-order chi connectivity index (χ1) is 9.54. The van der Waals surface area contributed by atoms with Gasteiger partial charge >= 0.3 is 5.97 Å². The molecule has 2 aliphatic rings. The first kappa shape index (κ1) is 15.7. The molecule has 0 amide bonds. The molecule has 2 fully saturated rings. The van der Waals surface area contributed by atoms with Crippen LogP contribution < -0.4 is 0 Å². The molecule has 2 atom stereocenters. The summed E-state index contributed by atoms with van der Waals surface area (Å²) >= 11 is 0. The van der Waals surface area contributed by atoms with Gasteiger partial charge in [-0.05, 0) is 39.2 Å². The van der Waals surface area contributed by atoms with Gasteiger partial charge in [-0.3, -0.25) is 9.69 Å². The highest BCUT2D eigenvalue weighted by Crippen LogP contribution is 2.22. The number of ether oxygens (including phenoxy) is 1. The minimum absolute atomic E-state index is 0.305. The summed E-state index contributed by atoms with van der Waals surface area (Å²) in [4.78, 5) is 15.5. The Morgan fingerprint density at radius 2 is 2.15 bits per heavy atom. The number of likely N-dealkylation sites (tertiary alicyclic amines) is 1. The van der Waals surface area contributed by atoms with E-state index in [0.29, 0.717) is 24.5 Å². The van der Waals surface area contributed by atoms with E-state index in [-0.39, 0.29) is 0 Å². The monoisotopic (exact) mass is 284 g/mol. The molecule has 2 heterocycles. The second-order valence-corrected chi connectivity index (χ2v) is 6.43. The van der Waals surface area contributed by atoms with Crippen molar-refractivity contribution in [2.45, 2.75) is 45.3 Å². The van der Waals surface area contributed by atoms with E-state index in [1.54, 1.807) is 0 Å². The van der Waals surface area contributed by atoms with Crippen LogP contribution in [0.25, 0.3) is 0 Å². The number of carboxylic acid groups (broad SMARTS) is 1. The van der Waals surface area contributed by atoms with Crippen LogP contribution in [0.15, 0.2) is 0 Å². The fraction of sp³-hybridized carbons (Fsp3) is 0.933. The number of carbonyl (C=O) groups is 1. The molecule has 2 saturated heterocycles. The third-order valence-electron chi connectivity index (χ3n) is 4.50. The van der Waals surface area contributed by atoms with E-state index < -0.39 is 5.97 Å². The van der Waals surface area contributed by atoms with E-state index in [1.807, 2.05) is 0 Å². The molecule has 0 aromatic heterocycles. The van der Waals surface area contributed by atoms with Crippen LogP contribution in [0.1, 0.15) is 33.1 Å². The third-order valence-corrected chi connectivity index (χ3v) is 4.50. The zero-order valence-electron chi connectivity index (χ0n) is 12.8. The molecule has 5 nitrogen and oxygen atoms in total. The van der Waals surface area contributed by atoms with Gasteiger partial charge in [-0.2, -0.15) is 0 Å². The van der Waals surface area contributed by atoms with Gasteiger partial charge in [-0.15, -0.1) is 0 Å². The van der Waals surface area contributed by atoms with Gasteiger partial charge in [-0.1, -0.05) is 0 Å². The standard InChI is InChI=1S/C15H28N2O3/c1-12(2)17-7-8-20-14(11-17)10-16-6-5-13(9-16)3-4-15(18)19/h12-14H,3-11H2,1-2H3,(H,18,19). The van der Waals surface area contributed by atoms with Crippen LogP contribution in [0, 0.1) is 5.92 Å². The van der Waals surface area contributed by atoms with E-state index in [9.17, 15) is 4.79 Å². The van der Waals surface area contributed by atoms with Crippen LogP contribution in [-0.2, 0) is 9.53 Å². The van der Waals surface area contributed by atoms with Gasteiger partial charge in [0.1, 0.15) is 0 Å². The summed E-state index contributed by atoms with van der Waals surface area (Å²) < 4.78 is 5.88. The molecule has 0 bridgehead atoms. The van der Waals surface area contributed by atoms with Gasteiger partial charge in [0.2, 0.25) is 0 Å². The fourth-order valence-electron chi connectivity index (χ4n) is 3.25. The maximum Gasteiger partial charge on any atom is 0.303 e. The largest absolute Gasteiger partial charge is 0.481 e. The highest BCUT2D eigenvalue weighted by atomic mass is 16.5. The average Bonchev–Trinajstić information content (AvgIpc) is 2.84. The first-order valence-corrected chi connectivity index (χ1v) is 7.84. The van der Waals surface area contributed by atoms with Crippen molar-refractivity contribution >= 4 is 5.97 Å². The molecule has 2 unspecified atom stereocenters. The van der Waals surface area contributed by atoms with Crippen molar-refractivity contribution in [3.05, 3.63) is 0 Å². The molecule has 0 radical (unpaired) electrons. The lowest BCUT2D eigenvalue weighted by molar-refractivity contribution is -0.137. The summed E-state index contributed by atoms with van der Waals surface area (Å²) in [5.41, 5.74) is 0. The van der Waals surface area contributed by atoms with Crippen molar-refractivity contribution in [1.82, 2.24) is 9.80 Å². The smallest absolute Gasteiger partial charge is 0.303 e. The van der Waals surface area contributed by atoms with Crippen molar-refractivity contribution in [2.75, 3.05) is 39.3 Å². The highest BCUT2D eigenvalue weighted by Gasteiger charge is 2.28. The molecule has 2 aliphatic heterocycles. The van der Waals surface area contributed by atoms with Crippen molar-refractivity contribution in [2.24, 2.45) is 5.92 Å². The Balaban J connectivity index is 1.70. The summed E-state index contributed by atoms with van der Waals surface area (Å²) in [6, 6.07) is 0.586. The highest BCUT2D eigenvalue weighted by molar-refractivity contribution is 5.66. The van der Waals surface area contributed by atoms with Crippen LogP contribution in [0.3, 0.4) is 0 Å². The van der Waals surface area contributed by atoms with Crippen LogP contribution in [0.4, 0.5) is 0 Å². The quantitative estimate of drug-likeness (QED) is 0.796. The summed E-state index contributed by atoms with van der Waals surface area (Å²) in [6.07, 6.45) is 2.56. The Labute approximate surface area is 121 Å². The van der Waals surface area contributed by atoms with Crippen LogP contribution in [0.5, 0.6) is 0 Å². The predicted octanol–water partition coefficient (Wildman–Crippen LogP) is 1.28. The maximum absolute atomic E-state index is 10.6. The van der Waals surface area contributed by atoms with Gasteiger partial charge in [0.25, 0.3) is 0 Å². The molecular formula is C15H28N2O3. The van der Waals surface area contributed by atoms with Crippen LogP contribution in [0.2, 0.25) is 0 Å². The predicted molar refractivity (Wildman–Crippen MR) is 77.9 cm³/mol. The van der Waals surface area contributed by atoms with Gasteiger partial charge in [-0.25, -0.2) is 0 Å². The maximum atomic E-state index is 10.6. The lowest BCUT2D eigenvalue weighted by atomic mass is 10.0. The molecular weight excluding hydrogens is 256 g/mol. The fourth-order valence-corrected chi connectivity index (χ4v) is 3.25. The van der Waals surface area contributed by atoms with E-state index in [1.165, 1.54) is 0 Å². The van der Waals surface area contributed by atoms with Crippen molar-refractivity contribution in [1.29, 1.82) is 0 Å². The summed E-state index contributed by atoms with van der Waals surface area (Å²) in [6.45, 7) is 10.5. The van der Waals surface area contributed by atoms with Gasteiger partial charge in [0.15, 0.2) is 0 Å². The number of carboxylic acids is 1. The first-order valence-electron chi connectivity index (χ1n) is 7.84. The molecule has 5 heteroatoms. The van der Waals surface area contributed by atoms with Gasteiger partial charge < -0.3 is 14.7 Å². The normalized spacial score (nSPS) is 29.1. The number of hydrogen-bond acceptors (Lipinski definition) is 4. The average molecular weight is 284 g/mol. The molecule has 1 N–H and O–H groups in total. The number of rotatable bonds is 6. The zero-order valence-corrected chi connectivity index (χ0v) is 12.8. The second-order valence-electron chi connectivity index (χ2n) is 6.43. The van der Waals surface area contributed by atoms with Crippen LogP contribution >= 0.6 is 0 Å². The third kappa shape index (κ3) is 4.72. The van der Waals surface area contributed by atoms with E-state index in [0.717, 1.165) is 52.2 Å². The Morgan fingerprint density at radius 1 is 1.35 bits per heavy atom. The minimum Gasteiger partial charge on any atom is -0.481 e. The molecule has 20 heavy (non-hydrogen) atoms. The Kier molecular flexibility index (Phi) is 5.81. The molecule has 116 valence electrons. The number of nitrogens with zero attached hydrogens (tertiary/aromatic N) is 2. The molecule has 0 aliphatic carbocycles. The Hall–Kier alpha value is -0.650. The summed E-state index contributed by atoms with van der Waals surface area (Å²) in [5, 5.41) is 8.74. The molecule has 2 rings (SSSR count). The van der Waals surface area contributed by atoms with E-state index >= 15 is 0 Å². The summed E-state index contributed by atoms with van der Waals surface area (Å²) in [5.74, 6) is -0.123. The van der Waals surface area contributed by atoms with Gasteiger partial charge in [0, 0.05) is 38.6 Å². The molecule has 0 aromatic carbocycles. The molecule has 0 aromatic rings. The van der Waals surface area contributed by atoms with E-state index in [2.05, 4.69) is 23.6 Å². The summed E-state index contributed by atoms with van der Waals surface area (Å²) in [7, 11) is 0. The van der Waals surface area contributed by atoms with Gasteiger partial charge in [0.05, 0.1) is 12.7 Å². The lowest BCUT2D eigenvalue weighted by Gasteiger charge is -2.37. The minimum atomic E-state index is -0.674. The zero-order chi connectivity index (χ0) is 14.5. The van der Waals surface area contributed by atoms with Crippen molar-refractivity contribution in [3.8, 4) is 0 Å². The number of aliphatic carboxylic acids is 1.